The second kappa shape index (κ2) is 6.54. The normalized spacial score (nSPS) is 21.9. The van der Waals surface area contributed by atoms with E-state index in [0.29, 0.717) is 5.92 Å². The fourth-order valence-electron chi connectivity index (χ4n) is 2.26. The van der Waals surface area contributed by atoms with E-state index in [1.807, 2.05) is 13.8 Å². The summed E-state index contributed by atoms with van der Waals surface area (Å²) < 4.78 is 5.67. The molecular formula is C14H23N3O2S. The molecule has 112 valence electrons. The van der Waals surface area contributed by atoms with Gasteiger partial charge in [-0.2, -0.15) is 0 Å². The minimum absolute atomic E-state index is 0.149. The number of thiazole rings is 1. The lowest BCUT2D eigenvalue weighted by molar-refractivity contribution is -0.0473. The number of aromatic nitrogens is 1. The number of nitrogens with one attached hydrogen (secondary N) is 2. The molecule has 0 bridgehead atoms. The van der Waals surface area contributed by atoms with Gasteiger partial charge in [0.05, 0.1) is 23.4 Å². The van der Waals surface area contributed by atoms with Crippen molar-refractivity contribution in [3.05, 3.63) is 11.2 Å². The molecule has 0 atom stereocenters. The lowest BCUT2D eigenvalue weighted by Crippen LogP contribution is -2.49. The molecule has 0 spiro atoms. The summed E-state index contributed by atoms with van der Waals surface area (Å²) in [6, 6.07) is 0.0679. The molecule has 1 aliphatic rings. The van der Waals surface area contributed by atoms with E-state index in [9.17, 15) is 4.79 Å². The molecule has 0 aromatic carbocycles. The number of hydrogen-bond acceptors (Lipinski definition) is 4. The number of urea groups is 1. The zero-order valence-corrected chi connectivity index (χ0v) is 13.3. The number of rotatable bonds is 5. The van der Waals surface area contributed by atoms with E-state index in [1.165, 1.54) is 11.3 Å². The molecule has 2 N–H and O–H groups in total. The maximum atomic E-state index is 11.9. The van der Waals surface area contributed by atoms with Gasteiger partial charge in [-0.25, -0.2) is 9.78 Å². The first-order chi connectivity index (χ1) is 9.45. The van der Waals surface area contributed by atoms with Gasteiger partial charge in [0, 0.05) is 6.04 Å². The quantitative estimate of drug-likeness (QED) is 0.876. The van der Waals surface area contributed by atoms with E-state index >= 15 is 0 Å². The van der Waals surface area contributed by atoms with Crippen molar-refractivity contribution in [3.63, 3.8) is 0 Å². The van der Waals surface area contributed by atoms with Gasteiger partial charge in [0.25, 0.3) is 0 Å². The Morgan fingerprint density at radius 2 is 2.10 bits per heavy atom. The summed E-state index contributed by atoms with van der Waals surface area (Å²) in [6.07, 6.45) is 2.33. The third kappa shape index (κ3) is 3.93. The summed E-state index contributed by atoms with van der Waals surface area (Å²) in [5.41, 5.74) is 2.71. The van der Waals surface area contributed by atoms with Crippen LogP contribution in [0.1, 0.15) is 52.1 Å². The molecule has 20 heavy (non-hydrogen) atoms. The highest BCUT2D eigenvalue weighted by Crippen LogP contribution is 2.28. The molecule has 1 fully saturated rings. The first-order valence-electron chi connectivity index (χ1n) is 7.12. The van der Waals surface area contributed by atoms with Crippen LogP contribution in [0, 0.1) is 0 Å². The Morgan fingerprint density at radius 3 is 2.70 bits per heavy atom. The van der Waals surface area contributed by atoms with E-state index in [2.05, 4.69) is 29.5 Å². The van der Waals surface area contributed by atoms with Crippen molar-refractivity contribution < 1.29 is 9.53 Å². The molecule has 6 heteroatoms. The SMILES string of the molecule is CC(C)OC1CC(NC(=O)Nc2scnc2C(C)C)C1. The van der Waals surface area contributed by atoms with E-state index in [1.54, 1.807) is 5.51 Å². The van der Waals surface area contributed by atoms with Crippen LogP contribution < -0.4 is 10.6 Å². The highest BCUT2D eigenvalue weighted by atomic mass is 32.1. The van der Waals surface area contributed by atoms with Gasteiger partial charge < -0.3 is 10.1 Å². The van der Waals surface area contributed by atoms with Gasteiger partial charge in [0.1, 0.15) is 5.00 Å². The number of nitrogens with zero attached hydrogens (tertiary/aromatic N) is 1. The fraction of sp³-hybridized carbons (Fsp3) is 0.714. The standard InChI is InChI=1S/C14H23N3O2S/c1-8(2)12-13(20-7-15-12)17-14(18)16-10-5-11(6-10)19-9(3)4/h7-11H,5-6H2,1-4H3,(H2,16,17,18). The molecule has 2 rings (SSSR count). The van der Waals surface area contributed by atoms with Crippen LogP contribution in [0.5, 0.6) is 0 Å². The minimum Gasteiger partial charge on any atom is -0.375 e. The Hall–Kier alpha value is -1.14. The van der Waals surface area contributed by atoms with Crippen molar-refractivity contribution in [1.82, 2.24) is 10.3 Å². The molecule has 1 saturated carbocycles. The summed E-state index contributed by atoms with van der Waals surface area (Å²) in [4.78, 5) is 16.2. The lowest BCUT2D eigenvalue weighted by atomic mass is 9.89. The van der Waals surface area contributed by atoms with Crippen molar-refractivity contribution in [2.24, 2.45) is 0 Å². The van der Waals surface area contributed by atoms with Crippen LogP contribution in [-0.4, -0.2) is 29.3 Å². The maximum Gasteiger partial charge on any atom is 0.320 e. The van der Waals surface area contributed by atoms with Gasteiger partial charge in [-0.3, -0.25) is 5.32 Å². The summed E-state index contributed by atoms with van der Waals surface area (Å²) in [5, 5.41) is 6.70. The van der Waals surface area contributed by atoms with Crippen molar-refractivity contribution in [1.29, 1.82) is 0 Å². The van der Waals surface area contributed by atoms with E-state index in [-0.39, 0.29) is 24.3 Å². The Balaban J connectivity index is 1.75. The highest BCUT2D eigenvalue weighted by Gasteiger charge is 2.31. The van der Waals surface area contributed by atoms with Crippen LogP contribution in [-0.2, 0) is 4.74 Å². The number of ether oxygens (including phenoxy) is 1. The van der Waals surface area contributed by atoms with Crippen LogP contribution in [0.2, 0.25) is 0 Å². The molecule has 0 saturated heterocycles. The molecule has 0 unspecified atom stereocenters. The summed E-state index contributed by atoms with van der Waals surface area (Å²) in [6.45, 7) is 8.20. The van der Waals surface area contributed by atoms with Crippen molar-refractivity contribution in [2.45, 2.75) is 64.7 Å². The second-order valence-electron chi connectivity index (χ2n) is 5.80. The third-order valence-corrected chi connectivity index (χ3v) is 4.02. The van der Waals surface area contributed by atoms with Gasteiger partial charge in [0.2, 0.25) is 0 Å². The van der Waals surface area contributed by atoms with Crippen LogP contribution >= 0.6 is 11.3 Å². The zero-order chi connectivity index (χ0) is 14.7. The van der Waals surface area contributed by atoms with Gasteiger partial charge in [-0.1, -0.05) is 13.8 Å². The van der Waals surface area contributed by atoms with Crippen molar-refractivity contribution in [2.75, 3.05) is 5.32 Å². The van der Waals surface area contributed by atoms with E-state index < -0.39 is 0 Å². The molecule has 1 aromatic heterocycles. The Morgan fingerprint density at radius 1 is 1.40 bits per heavy atom. The van der Waals surface area contributed by atoms with Crippen LogP contribution in [0.25, 0.3) is 0 Å². The maximum absolute atomic E-state index is 11.9. The second-order valence-corrected chi connectivity index (χ2v) is 6.65. The summed E-state index contributed by atoms with van der Waals surface area (Å²) in [5.74, 6) is 0.309. The number of carbonyl (C=O) groups is 1. The smallest absolute Gasteiger partial charge is 0.320 e. The molecule has 0 aliphatic heterocycles. The van der Waals surface area contributed by atoms with Gasteiger partial charge in [0.15, 0.2) is 0 Å². The summed E-state index contributed by atoms with van der Waals surface area (Å²) >= 11 is 1.46. The fourth-order valence-corrected chi connectivity index (χ4v) is 3.10. The zero-order valence-electron chi connectivity index (χ0n) is 12.5. The first-order valence-corrected chi connectivity index (χ1v) is 8.00. The Bertz CT molecular complexity index is 453. The number of carbonyl (C=O) groups excluding carboxylic acids is 1. The first kappa shape index (κ1) is 15.3. The van der Waals surface area contributed by atoms with Crippen LogP contribution in [0.4, 0.5) is 9.80 Å². The topological polar surface area (TPSA) is 63.2 Å². The average molecular weight is 297 g/mol. The van der Waals surface area contributed by atoms with Gasteiger partial charge in [-0.15, -0.1) is 11.3 Å². The molecular weight excluding hydrogens is 274 g/mol. The Kier molecular flexibility index (Phi) is 4.99. The molecule has 1 heterocycles. The molecule has 2 amide bonds. The number of amides is 2. The number of hydrogen-bond donors (Lipinski definition) is 2. The number of anilines is 1. The predicted octanol–water partition coefficient (Wildman–Crippen LogP) is 3.34. The molecule has 1 aliphatic carbocycles. The van der Waals surface area contributed by atoms with Crippen LogP contribution in [0.15, 0.2) is 5.51 Å². The average Bonchev–Trinajstić information content (AvgIpc) is 2.73. The van der Waals surface area contributed by atoms with E-state index in [0.717, 1.165) is 23.5 Å². The van der Waals surface area contributed by atoms with Crippen molar-refractivity contribution in [3.8, 4) is 0 Å². The summed E-state index contributed by atoms with van der Waals surface area (Å²) in [7, 11) is 0. The van der Waals surface area contributed by atoms with Gasteiger partial charge >= 0.3 is 6.03 Å². The largest absolute Gasteiger partial charge is 0.375 e. The lowest BCUT2D eigenvalue weighted by Gasteiger charge is -2.36. The molecule has 1 aromatic rings. The monoisotopic (exact) mass is 297 g/mol. The minimum atomic E-state index is -0.149. The van der Waals surface area contributed by atoms with Crippen molar-refractivity contribution >= 4 is 22.4 Å². The Labute approximate surface area is 124 Å². The highest BCUT2D eigenvalue weighted by molar-refractivity contribution is 7.14. The van der Waals surface area contributed by atoms with E-state index in [4.69, 9.17) is 4.74 Å². The predicted molar refractivity (Wildman–Crippen MR) is 81.4 cm³/mol. The molecule has 5 nitrogen and oxygen atoms in total. The van der Waals surface area contributed by atoms with Gasteiger partial charge in [-0.05, 0) is 32.6 Å². The van der Waals surface area contributed by atoms with Crippen LogP contribution in [0.3, 0.4) is 0 Å². The third-order valence-electron chi connectivity index (χ3n) is 3.26. The molecule has 0 radical (unpaired) electrons.